The summed E-state index contributed by atoms with van der Waals surface area (Å²) in [6.45, 7) is 0.0111. The Hall–Kier alpha value is -2.87. The number of fused-ring (bicyclic) bond motifs is 1. The van der Waals surface area contributed by atoms with Gasteiger partial charge < -0.3 is 25.7 Å². The second kappa shape index (κ2) is 9.18. The summed E-state index contributed by atoms with van der Waals surface area (Å²) in [5.41, 5.74) is 6.75. The molecule has 0 unspecified atom stereocenters. The lowest BCUT2D eigenvalue weighted by Crippen LogP contribution is -2.35. The Morgan fingerprint density at radius 3 is 2.78 bits per heavy atom. The molecule has 1 aliphatic rings. The van der Waals surface area contributed by atoms with Crippen LogP contribution < -0.4 is 16.8 Å². The van der Waals surface area contributed by atoms with Gasteiger partial charge in [-0.3, -0.25) is 24.2 Å². The van der Waals surface area contributed by atoms with E-state index >= 15 is 0 Å². The highest BCUT2D eigenvalue weighted by Crippen LogP contribution is 2.29. The van der Waals surface area contributed by atoms with Crippen LogP contribution in [0.15, 0.2) is 17.4 Å². The lowest BCUT2D eigenvalue weighted by Gasteiger charge is -2.13. The second-order valence-corrected chi connectivity index (χ2v) is 5.71. The van der Waals surface area contributed by atoms with Crippen molar-refractivity contribution in [3.8, 4) is 0 Å². The molecule has 3 rings (SSSR count). The van der Waals surface area contributed by atoms with Gasteiger partial charge >= 0.3 is 5.97 Å². The normalized spacial score (nSPS) is 20.0. The number of H-pyrrole nitrogens is 1. The van der Waals surface area contributed by atoms with Crippen molar-refractivity contribution < 1.29 is 29.7 Å². The summed E-state index contributed by atoms with van der Waals surface area (Å²) < 4.78 is 7.36. The summed E-state index contributed by atoms with van der Waals surface area (Å²) in [6.07, 6.45) is 3.71. The fourth-order valence-electron chi connectivity index (χ4n) is 2.43. The number of carboxylic acids is 1. The number of hydrogen-bond acceptors (Lipinski definition) is 9. The van der Waals surface area contributed by atoms with E-state index in [1.807, 2.05) is 0 Å². The zero-order valence-corrected chi connectivity index (χ0v) is 14.1. The number of rotatable bonds is 5. The zero-order valence-electron chi connectivity index (χ0n) is 14.1. The fourth-order valence-corrected chi connectivity index (χ4v) is 2.43. The maximum absolute atomic E-state index is 11.5. The quantitative estimate of drug-likeness (QED) is 0.249. The molecule has 1 amide bonds. The number of aliphatic carboxylic acids is 1. The fraction of sp³-hybridized carbons (Fsp3) is 0.500. The topological polar surface area (TPSA) is 206 Å². The molecule has 7 N–H and O–H groups in total. The van der Waals surface area contributed by atoms with Crippen molar-refractivity contribution in [1.82, 2.24) is 25.0 Å². The molecule has 3 atom stereocenters. The summed E-state index contributed by atoms with van der Waals surface area (Å²) in [5, 5.41) is 25.1. The number of carbonyl (C=O) groups is 2. The van der Waals surface area contributed by atoms with Gasteiger partial charge in [-0.15, -0.1) is 0 Å². The van der Waals surface area contributed by atoms with Gasteiger partial charge in [-0.05, 0) is 12.8 Å². The Balaban J connectivity index is 0.000000227. The third kappa shape index (κ3) is 5.07. The van der Waals surface area contributed by atoms with E-state index in [1.165, 1.54) is 11.8 Å². The molecule has 0 aliphatic carbocycles. The van der Waals surface area contributed by atoms with Crippen LogP contribution in [0, 0.1) is 0 Å². The molecule has 1 saturated heterocycles. The van der Waals surface area contributed by atoms with Crippen LogP contribution in [0.25, 0.3) is 11.2 Å². The minimum atomic E-state index is -1.27. The van der Waals surface area contributed by atoms with Crippen LogP contribution in [0.3, 0.4) is 0 Å². The summed E-state index contributed by atoms with van der Waals surface area (Å²) in [6, 6.07) is -1.26. The van der Waals surface area contributed by atoms with Crippen LogP contribution in [0.4, 0.5) is 0 Å². The van der Waals surface area contributed by atoms with Crippen LogP contribution in [-0.4, -0.2) is 65.6 Å². The van der Waals surface area contributed by atoms with Gasteiger partial charge in [-0.25, -0.2) is 15.4 Å². The number of carboxylic acid groups (broad SMARTS) is 1. The predicted molar refractivity (Wildman–Crippen MR) is 88.5 cm³/mol. The maximum atomic E-state index is 11.5. The number of aliphatic hydroxyl groups excluding tert-OH is 1. The van der Waals surface area contributed by atoms with Crippen LogP contribution in [0.2, 0.25) is 0 Å². The van der Waals surface area contributed by atoms with Crippen LogP contribution in [-0.2, 0) is 14.3 Å². The highest BCUT2D eigenvalue weighted by molar-refractivity contribution is 5.83. The van der Waals surface area contributed by atoms with E-state index in [-0.39, 0.29) is 24.5 Å². The van der Waals surface area contributed by atoms with Crippen molar-refractivity contribution in [2.45, 2.75) is 37.6 Å². The van der Waals surface area contributed by atoms with E-state index in [4.69, 9.17) is 25.9 Å². The molecule has 13 heteroatoms. The first kappa shape index (κ1) is 20.4. The van der Waals surface area contributed by atoms with E-state index in [0.717, 1.165) is 12.8 Å². The Morgan fingerprint density at radius 1 is 1.44 bits per heavy atom. The average molecular weight is 384 g/mol. The highest BCUT2D eigenvalue weighted by atomic mass is 16.5. The number of nitrogens with zero attached hydrogens (tertiary/aromatic N) is 3. The highest BCUT2D eigenvalue weighted by Gasteiger charge is 2.27. The summed E-state index contributed by atoms with van der Waals surface area (Å²) in [5.74, 6) is -2.08. The van der Waals surface area contributed by atoms with Gasteiger partial charge in [0, 0.05) is 0 Å². The van der Waals surface area contributed by atoms with Gasteiger partial charge in [0.2, 0.25) is 5.91 Å². The molecular formula is C14H20N6O7. The monoisotopic (exact) mass is 384 g/mol. The van der Waals surface area contributed by atoms with Gasteiger partial charge in [0.15, 0.2) is 11.2 Å². The summed E-state index contributed by atoms with van der Waals surface area (Å²) in [7, 11) is 0. The molecule has 0 spiro atoms. The molecule has 0 radical (unpaired) electrons. The number of hydrogen-bond donors (Lipinski definition) is 6. The number of aromatic nitrogens is 4. The number of nitrogens with one attached hydrogen (secondary N) is 2. The molecule has 0 saturated carbocycles. The molecule has 1 aliphatic heterocycles. The number of ether oxygens (including phenoxy) is 1. The van der Waals surface area contributed by atoms with Crippen molar-refractivity contribution in [1.29, 1.82) is 0 Å². The average Bonchev–Trinajstić information content (AvgIpc) is 3.29. The van der Waals surface area contributed by atoms with E-state index < -0.39 is 24.3 Å². The summed E-state index contributed by atoms with van der Waals surface area (Å²) in [4.78, 5) is 42.3. The largest absolute Gasteiger partial charge is 0.480 e. The van der Waals surface area contributed by atoms with Gasteiger partial charge in [-0.1, -0.05) is 0 Å². The molecule has 0 aromatic carbocycles. The molecule has 13 nitrogen and oxygen atoms in total. The third-order valence-corrected chi connectivity index (χ3v) is 3.81. The Morgan fingerprint density at radius 2 is 2.19 bits per heavy atom. The number of carbonyl (C=O) groups excluding carboxylic acids is 1. The number of aliphatic hydroxyl groups is 1. The van der Waals surface area contributed by atoms with E-state index in [1.54, 1.807) is 10.9 Å². The van der Waals surface area contributed by atoms with Crippen LogP contribution >= 0.6 is 0 Å². The van der Waals surface area contributed by atoms with Crippen molar-refractivity contribution in [3.05, 3.63) is 23.0 Å². The molecular weight excluding hydrogens is 364 g/mol. The molecule has 2 aromatic heterocycles. The van der Waals surface area contributed by atoms with Gasteiger partial charge in [0.1, 0.15) is 12.3 Å². The smallest absolute Gasteiger partial charge is 0.321 e. The molecule has 27 heavy (non-hydrogen) atoms. The van der Waals surface area contributed by atoms with Crippen molar-refractivity contribution in [2.75, 3.05) is 6.61 Å². The molecule has 2 aromatic rings. The van der Waals surface area contributed by atoms with Crippen LogP contribution in [0.5, 0.6) is 0 Å². The van der Waals surface area contributed by atoms with Gasteiger partial charge in [-0.2, -0.15) is 0 Å². The second-order valence-electron chi connectivity index (χ2n) is 5.71. The minimum Gasteiger partial charge on any atom is -0.480 e. The SMILES string of the molecule is N[C@H](CC(=O)NO)C(=O)O.O=c1[nH]cnc2c1ncn2[C@H]1CC[C@@H](CO)O1. The zero-order chi connectivity index (χ0) is 20.0. The summed E-state index contributed by atoms with van der Waals surface area (Å²) >= 11 is 0. The standard InChI is InChI=1S/C10H12N4O3.C4H8N2O4/c15-3-6-1-2-7(17-6)14-5-13-8-9(14)11-4-12-10(8)16;5-2(4(8)9)1-3(7)6-10/h4-7,15H,1-3H2,(H,11,12,16);2,10H,1,5H2,(H,6,7)(H,8,9)/t6-,7+;2-/m01/s1. The first-order valence-corrected chi connectivity index (χ1v) is 7.95. The number of nitrogens with two attached hydrogens (primary N) is 1. The van der Waals surface area contributed by atoms with E-state index in [0.29, 0.717) is 11.2 Å². The van der Waals surface area contributed by atoms with Crippen molar-refractivity contribution in [2.24, 2.45) is 5.73 Å². The van der Waals surface area contributed by atoms with Gasteiger partial charge in [0.05, 0.1) is 31.8 Å². The van der Waals surface area contributed by atoms with Crippen molar-refractivity contribution >= 4 is 23.0 Å². The Bertz CT molecular complexity index is 850. The first-order valence-electron chi connectivity index (χ1n) is 7.95. The van der Waals surface area contributed by atoms with Gasteiger partial charge in [0.25, 0.3) is 5.56 Å². The van der Waals surface area contributed by atoms with Crippen LogP contribution in [0.1, 0.15) is 25.5 Å². The number of imidazole rings is 1. The van der Waals surface area contributed by atoms with E-state index in [2.05, 4.69) is 15.0 Å². The number of amides is 1. The molecule has 0 bridgehead atoms. The third-order valence-electron chi connectivity index (χ3n) is 3.81. The predicted octanol–water partition coefficient (Wildman–Crippen LogP) is -1.92. The lowest BCUT2D eigenvalue weighted by molar-refractivity contribution is -0.141. The lowest BCUT2D eigenvalue weighted by atomic mass is 10.2. The number of aromatic amines is 1. The Labute approximate surface area is 151 Å². The molecule has 3 heterocycles. The first-order chi connectivity index (χ1) is 12.9. The molecule has 148 valence electrons. The maximum Gasteiger partial charge on any atom is 0.321 e. The Kier molecular flexibility index (Phi) is 6.95. The van der Waals surface area contributed by atoms with Crippen molar-refractivity contribution in [3.63, 3.8) is 0 Å². The number of hydroxylamine groups is 1. The molecule has 1 fully saturated rings. The minimum absolute atomic E-state index is 0.0111. The van der Waals surface area contributed by atoms with E-state index in [9.17, 15) is 14.4 Å².